The molecule has 0 aliphatic carbocycles. The summed E-state index contributed by atoms with van der Waals surface area (Å²) in [7, 11) is -3.63. The van der Waals surface area contributed by atoms with Gasteiger partial charge >= 0.3 is 0 Å². The number of nitrogens with zero attached hydrogens (tertiary/aromatic N) is 2. The molecule has 0 unspecified atom stereocenters. The molecule has 1 saturated heterocycles. The first-order chi connectivity index (χ1) is 13.4. The molecule has 0 N–H and O–H groups in total. The Balaban J connectivity index is 0.00000240. The Bertz CT molecular complexity index is 959. The molecule has 29 heavy (non-hydrogen) atoms. The molecule has 2 heterocycles. The van der Waals surface area contributed by atoms with Crippen LogP contribution in [0.4, 0.5) is 4.39 Å². The van der Waals surface area contributed by atoms with Crippen molar-refractivity contribution in [3.8, 4) is 0 Å². The molecule has 4 nitrogen and oxygen atoms in total. The van der Waals surface area contributed by atoms with E-state index in [4.69, 9.17) is 0 Å². The molecule has 0 bridgehead atoms. The molecule has 0 atom stereocenters. The van der Waals surface area contributed by atoms with Crippen LogP contribution >= 0.6 is 12.4 Å². The Kier molecular flexibility index (Phi) is 6.99. The van der Waals surface area contributed by atoms with Crippen molar-refractivity contribution >= 4 is 22.4 Å². The predicted molar refractivity (Wildman–Crippen MR) is 115 cm³/mol. The molecule has 0 amide bonds. The van der Waals surface area contributed by atoms with E-state index in [2.05, 4.69) is 29.2 Å². The van der Waals surface area contributed by atoms with Gasteiger partial charge in [-0.15, -0.1) is 12.4 Å². The summed E-state index contributed by atoms with van der Waals surface area (Å²) in [6.07, 6.45) is 2.79. The van der Waals surface area contributed by atoms with Crippen LogP contribution in [0.15, 0.2) is 47.4 Å². The molecular formula is C22H28ClFN2O2S. The second-order valence-electron chi connectivity index (χ2n) is 8.01. The predicted octanol–water partition coefficient (Wildman–Crippen LogP) is 4.01. The van der Waals surface area contributed by atoms with E-state index in [0.29, 0.717) is 24.6 Å². The van der Waals surface area contributed by atoms with Crippen molar-refractivity contribution in [1.82, 2.24) is 9.21 Å². The Hall–Kier alpha value is -1.47. The van der Waals surface area contributed by atoms with E-state index in [1.54, 1.807) is 6.92 Å². The van der Waals surface area contributed by atoms with Crippen molar-refractivity contribution in [2.45, 2.75) is 37.6 Å². The number of rotatable bonds is 4. The zero-order valence-electron chi connectivity index (χ0n) is 16.7. The minimum absolute atomic E-state index is 0. The monoisotopic (exact) mass is 438 g/mol. The number of piperidine rings is 1. The molecule has 2 aliphatic rings. The zero-order valence-corrected chi connectivity index (χ0v) is 18.3. The fourth-order valence-corrected chi connectivity index (χ4v) is 6.10. The van der Waals surface area contributed by atoms with Gasteiger partial charge in [0.05, 0.1) is 4.90 Å². The van der Waals surface area contributed by atoms with Crippen molar-refractivity contribution in [3.63, 3.8) is 0 Å². The SMILES string of the molecule is Cc1ccc(F)cc1S(=O)(=O)N1CCC(CN2CCc3ccccc3C2)CC1.Cl. The highest BCUT2D eigenvalue weighted by molar-refractivity contribution is 7.89. The highest BCUT2D eigenvalue weighted by Crippen LogP contribution is 2.28. The molecule has 7 heteroatoms. The lowest BCUT2D eigenvalue weighted by atomic mass is 9.94. The van der Waals surface area contributed by atoms with Gasteiger partial charge < -0.3 is 0 Å². The highest BCUT2D eigenvalue weighted by Gasteiger charge is 2.31. The fourth-order valence-electron chi connectivity index (χ4n) is 4.40. The molecular weight excluding hydrogens is 411 g/mol. The first-order valence-electron chi connectivity index (χ1n) is 9.99. The lowest BCUT2D eigenvalue weighted by Gasteiger charge is -2.36. The summed E-state index contributed by atoms with van der Waals surface area (Å²) in [6, 6.07) is 12.6. The van der Waals surface area contributed by atoms with Gasteiger partial charge in [-0.3, -0.25) is 4.90 Å². The van der Waals surface area contributed by atoms with Gasteiger partial charge in [0.25, 0.3) is 0 Å². The van der Waals surface area contributed by atoms with Crippen molar-refractivity contribution < 1.29 is 12.8 Å². The molecule has 1 fully saturated rings. The topological polar surface area (TPSA) is 40.6 Å². The molecule has 0 spiro atoms. The van der Waals surface area contributed by atoms with Crippen LogP contribution in [0.5, 0.6) is 0 Å². The molecule has 0 aromatic heterocycles. The summed E-state index contributed by atoms with van der Waals surface area (Å²) >= 11 is 0. The Morgan fingerprint density at radius 2 is 1.72 bits per heavy atom. The molecule has 0 saturated carbocycles. The van der Waals surface area contributed by atoms with Crippen LogP contribution in [0.2, 0.25) is 0 Å². The summed E-state index contributed by atoms with van der Waals surface area (Å²) in [5.41, 5.74) is 3.45. The molecule has 0 radical (unpaired) electrons. The lowest BCUT2D eigenvalue weighted by Crippen LogP contribution is -2.42. The number of benzene rings is 2. The number of hydrogen-bond acceptors (Lipinski definition) is 3. The summed E-state index contributed by atoms with van der Waals surface area (Å²) in [4.78, 5) is 2.59. The largest absolute Gasteiger partial charge is 0.298 e. The summed E-state index contributed by atoms with van der Waals surface area (Å²) in [5.74, 6) is -0.00485. The van der Waals surface area contributed by atoms with E-state index in [1.165, 1.54) is 27.6 Å². The minimum Gasteiger partial charge on any atom is -0.298 e. The summed E-state index contributed by atoms with van der Waals surface area (Å²) in [6.45, 7) is 5.80. The smallest absolute Gasteiger partial charge is 0.243 e. The maximum absolute atomic E-state index is 13.6. The maximum atomic E-state index is 13.6. The van der Waals surface area contributed by atoms with Crippen LogP contribution in [0, 0.1) is 18.7 Å². The normalized spacial score (nSPS) is 18.8. The highest BCUT2D eigenvalue weighted by atomic mass is 35.5. The van der Waals surface area contributed by atoms with E-state index < -0.39 is 15.8 Å². The average Bonchev–Trinajstić information content (AvgIpc) is 2.70. The standard InChI is InChI=1S/C22H27FN2O2S.ClH/c1-17-6-7-21(23)14-22(17)28(26,27)25-12-8-18(9-13-25)15-24-11-10-19-4-2-3-5-20(19)16-24;/h2-7,14,18H,8-13,15-16H2,1H3;1H. The second kappa shape index (κ2) is 9.13. The summed E-state index contributed by atoms with van der Waals surface area (Å²) < 4.78 is 41.0. The van der Waals surface area contributed by atoms with E-state index in [-0.39, 0.29) is 17.3 Å². The van der Waals surface area contributed by atoms with Gasteiger partial charge in [0.15, 0.2) is 0 Å². The van der Waals surface area contributed by atoms with Gasteiger partial charge in [0, 0.05) is 32.7 Å². The average molecular weight is 439 g/mol. The van der Waals surface area contributed by atoms with Crippen molar-refractivity contribution in [1.29, 1.82) is 0 Å². The first kappa shape index (κ1) is 22.2. The van der Waals surface area contributed by atoms with Crippen LogP contribution in [0.3, 0.4) is 0 Å². The molecule has 2 aliphatic heterocycles. The summed E-state index contributed by atoms with van der Waals surface area (Å²) in [5, 5.41) is 0. The van der Waals surface area contributed by atoms with E-state index >= 15 is 0 Å². The quantitative estimate of drug-likeness (QED) is 0.724. The second-order valence-corrected chi connectivity index (χ2v) is 9.92. The Morgan fingerprint density at radius 1 is 1.03 bits per heavy atom. The third kappa shape index (κ3) is 4.82. The van der Waals surface area contributed by atoms with Gasteiger partial charge in [0.2, 0.25) is 10.0 Å². The number of aryl methyl sites for hydroxylation is 1. The third-order valence-electron chi connectivity index (χ3n) is 6.07. The van der Waals surface area contributed by atoms with E-state index in [1.807, 2.05) is 0 Å². The van der Waals surface area contributed by atoms with Gasteiger partial charge in [-0.25, -0.2) is 12.8 Å². The molecule has 2 aromatic carbocycles. The van der Waals surface area contributed by atoms with Crippen LogP contribution < -0.4 is 0 Å². The van der Waals surface area contributed by atoms with Crippen LogP contribution in [-0.2, 0) is 23.0 Å². The van der Waals surface area contributed by atoms with Gasteiger partial charge in [-0.1, -0.05) is 30.3 Å². The lowest BCUT2D eigenvalue weighted by molar-refractivity contribution is 0.171. The number of sulfonamides is 1. The Labute approximate surface area is 179 Å². The van der Waals surface area contributed by atoms with Crippen molar-refractivity contribution in [3.05, 3.63) is 65.0 Å². The van der Waals surface area contributed by atoms with Gasteiger partial charge in [-0.2, -0.15) is 4.31 Å². The van der Waals surface area contributed by atoms with Crippen molar-refractivity contribution in [2.24, 2.45) is 5.92 Å². The van der Waals surface area contributed by atoms with Crippen molar-refractivity contribution in [2.75, 3.05) is 26.2 Å². The van der Waals surface area contributed by atoms with Crippen LogP contribution in [0.25, 0.3) is 0 Å². The first-order valence-corrected chi connectivity index (χ1v) is 11.4. The molecule has 4 rings (SSSR count). The number of halogens is 2. The maximum Gasteiger partial charge on any atom is 0.243 e. The van der Waals surface area contributed by atoms with E-state index in [0.717, 1.165) is 45.0 Å². The van der Waals surface area contributed by atoms with E-state index in [9.17, 15) is 12.8 Å². The van der Waals surface area contributed by atoms with Crippen LogP contribution in [-0.4, -0.2) is 43.8 Å². The molecule has 158 valence electrons. The third-order valence-corrected chi connectivity index (χ3v) is 8.11. The zero-order chi connectivity index (χ0) is 19.7. The van der Waals surface area contributed by atoms with Gasteiger partial charge in [-0.05, 0) is 60.9 Å². The fraction of sp³-hybridized carbons (Fsp3) is 0.455. The molecule has 2 aromatic rings. The minimum atomic E-state index is -3.63. The number of hydrogen-bond donors (Lipinski definition) is 0. The number of fused-ring (bicyclic) bond motifs is 1. The van der Waals surface area contributed by atoms with Gasteiger partial charge in [0.1, 0.15) is 5.82 Å². The Morgan fingerprint density at radius 3 is 2.45 bits per heavy atom. The van der Waals surface area contributed by atoms with Crippen LogP contribution in [0.1, 0.15) is 29.5 Å².